The fourth-order valence-corrected chi connectivity index (χ4v) is 3.75. The molecule has 0 aliphatic carbocycles. The number of aryl methyl sites for hydroxylation is 1. The van der Waals surface area contributed by atoms with Crippen LogP contribution in [0.2, 0.25) is 0 Å². The molecule has 0 spiro atoms. The van der Waals surface area contributed by atoms with Crippen LogP contribution in [0, 0.1) is 6.92 Å². The molecule has 2 heterocycles. The number of amides is 1. The van der Waals surface area contributed by atoms with E-state index in [4.69, 9.17) is 5.14 Å². The van der Waals surface area contributed by atoms with Crippen molar-refractivity contribution in [1.29, 1.82) is 0 Å². The third kappa shape index (κ3) is 2.45. The highest BCUT2D eigenvalue weighted by Crippen LogP contribution is 2.29. The summed E-state index contributed by atoms with van der Waals surface area (Å²) in [6.45, 7) is 5.51. The summed E-state index contributed by atoms with van der Waals surface area (Å²) < 4.78 is 23.3. The molecule has 1 fully saturated rings. The number of aromatic amines is 1. The molecular weight excluding hydrogens is 280 g/mol. The quantitative estimate of drug-likeness (QED) is 0.859. The largest absolute Gasteiger partial charge is 0.332 e. The first kappa shape index (κ1) is 15.0. The molecule has 0 radical (unpaired) electrons. The molecule has 1 aromatic rings. The molecule has 3 N–H and O–H groups in total. The van der Waals surface area contributed by atoms with Crippen LogP contribution < -0.4 is 5.14 Å². The van der Waals surface area contributed by atoms with Crippen LogP contribution in [0.25, 0.3) is 0 Å². The number of carbonyl (C=O) groups is 1. The molecule has 1 aromatic heterocycles. The Morgan fingerprint density at radius 3 is 2.70 bits per heavy atom. The Morgan fingerprint density at radius 2 is 2.15 bits per heavy atom. The molecule has 1 aliphatic rings. The topological polar surface area (TPSA) is 109 Å². The minimum absolute atomic E-state index is 0.0813. The molecule has 2 rings (SSSR count). The Hall–Kier alpha value is -1.41. The van der Waals surface area contributed by atoms with Crippen molar-refractivity contribution in [3.63, 3.8) is 0 Å². The number of hydrogen-bond donors (Lipinski definition) is 2. The SMILES string of the molecule is CCC1CCC(C)N1C(=O)c1n[nH]c(C)c1S(N)(=O)=O. The third-order valence-electron chi connectivity index (χ3n) is 3.87. The van der Waals surface area contributed by atoms with Gasteiger partial charge in [0.05, 0.1) is 5.69 Å². The molecule has 0 bridgehead atoms. The maximum Gasteiger partial charge on any atom is 0.276 e. The Balaban J connectivity index is 2.45. The van der Waals surface area contributed by atoms with Crippen LogP contribution in [-0.2, 0) is 10.0 Å². The second-order valence-electron chi connectivity index (χ2n) is 5.27. The summed E-state index contributed by atoms with van der Waals surface area (Å²) >= 11 is 0. The van der Waals surface area contributed by atoms with Crippen molar-refractivity contribution in [2.45, 2.75) is 57.0 Å². The number of nitrogens with two attached hydrogens (primary N) is 1. The van der Waals surface area contributed by atoms with E-state index < -0.39 is 10.0 Å². The molecule has 112 valence electrons. The van der Waals surface area contributed by atoms with Crippen molar-refractivity contribution in [2.24, 2.45) is 5.14 Å². The van der Waals surface area contributed by atoms with Gasteiger partial charge in [-0.25, -0.2) is 13.6 Å². The van der Waals surface area contributed by atoms with E-state index in [0.29, 0.717) is 0 Å². The minimum Gasteiger partial charge on any atom is -0.332 e. The van der Waals surface area contributed by atoms with E-state index in [-0.39, 0.29) is 34.3 Å². The van der Waals surface area contributed by atoms with Gasteiger partial charge in [0.25, 0.3) is 5.91 Å². The van der Waals surface area contributed by atoms with Gasteiger partial charge in [0.2, 0.25) is 10.0 Å². The molecule has 1 aliphatic heterocycles. The summed E-state index contributed by atoms with van der Waals surface area (Å²) in [7, 11) is -3.98. The lowest BCUT2D eigenvalue weighted by molar-refractivity contribution is 0.0666. The van der Waals surface area contributed by atoms with E-state index in [0.717, 1.165) is 19.3 Å². The molecular formula is C12H20N4O3S. The van der Waals surface area contributed by atoms with Crippen molar-refractivity contribution in [2.75, 3.05) is 0 Å². The highest BCUT2D eigenvalue weighted by molar-refractivity contribution is 7.89. The number of sulfonamides is 1. The number of nitrogens with one attached hydrogen (secondary N) is 1. The number of carbonyl (C=O) groups excluding carboxylic acids is 1. The Kier molecular flexibility index (Phi) is 3.88. The number of H-pyrrole nitrogens is 1. The van der Waals surface area contributed by atoms with Crippen LogP contribution in [0.3, 0.4) is 0 Å². The highest BCUT2D eigenvalue weighted by Gasteiger charge is 2.37. The van der Waals surface area contributed by atoms with Gasteiger partial charge >= 0.3 is 0 Å². The van der Waals surface area contributed by atoms with Crippen molar-refractivity contribution < 1.29 is 13.2 Å². The Bertz CT molecular complexity index is 623. The molecule has 1 amide bonds. The maximum atomic E-state index is 12.6. The smallest absolute Gasteiger partial charge is 0.276 e. The standard InChI is InChI=1S/C12H20N4O3S/c1-4-9-6-5-7(2)16(9)12(17)10-11(20(13,18)19)8(3)14-15-10/h7,9H,4-6H2,1-3H3,(H,14,15)(H2,13,18,19). The monoisotopic (exact) mass is 300 g/mol. The van der Waals surface area contributed by atoms with Crippen molar-refractivity contribution in [3.05, 3.63) is 11.4 Å². The minimum atomic E-state index is -3.98. The average molecular weight is 300 g/mol. The average Bonchev–Trinajstić information content (AvgIpc) is 2.90. The number of aromatic nitrogens is 2. The van der Waals surface area contributed by atoms with Crippen LogP contribution in [-0.4, -0.2) is 41.5 Å². The zero-order valence-electron chi connectivity index (χ0n) is 11.9. The van der Waals surface area contributed by atoms with Gasteiger partial charge in [0.15, 0.2) is 5.69 Å². The Labute approximate surface area is 118 Å². The van der Waals surface area contributed by atoms with Gasteiger partial charge in [-0.15, -0.1) is 0 Å². The number of primary sulfonamides is 1. The lowest BCUT2D eigenvalue weighted by Crippen LogP contribution is -2.40. The van der Waals surface area contributed by atoms with Crippen molar-refractivity contribution in [3.8, 4) is 0 Å². The highest BCUT2D eigenvalue weighted by atomic mass is 32.2. The van der Waals surface area contributed by atoms with Gasteiger partial charge < -0.3 is 4.90 Å². The Morgan fingerprint density at radius 1 is 1.50 bits per heavy atom. The van der Waals surface area contributed by atoms with Gasteiger partial charge in [-0.05, 0) is 33.1 Å². The van der Waals surface area contributed by atoms with Crippen molar-refractivity contribution >= 4 is 15.9 Å². The molecule has 20 heavy (non-hydrogen) atoms. The van der Waals surface area contributed by atoms with Crippen LogP contribution in [0.1, 0.15) is 49.3 Å². The van der Waals surface area contributed by atoms with E-state index in [2.05, 4.69) is 10.2 Å². The summed E-state index contributed by atoms with van der Waals surface area (Å²) in [4.78, 5) is 14.2. The van der Waals surface area contributed by atoms with Gasteiger partial charge in [0, 0.05) is 12.1 Å². The summed E-state index contributed by atoms with van der Waals surface area (Å²) in [5.74, 6) is -0.366. The van der Waals surface area contributed by atoms with Crippen molar-refractivity contribution in [1.82, 2.24) is 15.1 Å². The first-order valence-electron chi connectivity index (χ1n) is 6.67. The van der Waals surface area contributed by atoms with Gasteiger partial charge in [0.1, 0.15) is 4.90 Å². The molecule has 7 nitrogen and oxygen atoms in total. The van der Waals surface area contributed by atoms with Gasteiger partial charge in [-0.3, -0.25) is 9.89 Å². The predicted octanol–water partition coefficient (Wildman–Crippen LogP) is 0.769. The summed E-state index contributed by atoms with van der Waals surface area (Å²) in [5.41, 5.74) is 0.188. The zero-order chi connectivity index (χ0) is 15.1. The van der Waals surface area contributed by atoms with E-state index >= 15 is 0 Å². The van der Waals surface area contributed by atoms with Crippen LogP contribution in [0.15, 0.2) is 4.90 Å². The third-order valence-corrected chi connectivity index (χ3v) is 4.94. The zero-order valence-corrected chi connectivity index (χ0v) is 12.7. The number of nitrogens with zero attached hydrogens (tertiary/aromatic N) is 2. The molecule has 0 saturated carbocycles. The molecule has 0 aromatic carbocycles. The molecule has 8 heteroatoms. The fourth-order valence-electron chi connectivity index (χ4n) is 2.87. The molecule has 2 unspecified atom stereocenters. The summed E-state index contributed by atoms with van der Waals surface area (Å²) in [5, 5.41) is 11.6. The maximum absolute atomic E-state index is 12.6. The predicted molar refractivity (Wildman–Crippen MR) is 73.6 cm³/mol. The summed E-state index contributed by atoms with van der Waals surface area (Å²) in [6, 6.07) is 0.209. The lowest BCUT2D eigenvalue weighted by atomic mass is 10.1. The van der Waals surface area contributed by atoms with Gasteiger partial charge in [-0.2, -0.15) is 5.10 Å². The van der Waals surface area contributed by atoms with Crippen LogP contribution in [0.4, 0.5) is 0 Å². The lowest BCUT2D eigenvalue weighted by Gasteiger charge is -2.27. The first-order valence-corrected chi connectivity index (χ1v) is 8.22. The number of rotatable bonds is 3. The normalized spacial score (nSPS) is 23.3. The fraction of sp³-hybridized carbons (Fsp3) is 0.667. The van der Waals surface area contributed by atoms with E-state index in [9.17, 15) is 13.2 Å². The van der Waals surface area contributed by atoms with E-state index in [1.165, 1.54) is 6.92 Å². The molecule has 2 atom stereocenters. The van der Waals surface area contributed by atoms with E-state index in [1.54, 1.807) is 4.90 Å². The first-order chi connectivity index (χ1) is 9.27. The van der Waals surface area contributed by atoms with Gasteiger partial charge in [-0.1, -0.05) is 6.92 Å². The van der Waals surface area contributed by atoms with E-state index in [1.807, 2.05) is 13.8 Å². The number of likely N-dealkylation sites (tertiary alicyclic amines) is 1. The molecule has 1 saturated heterocycles. The summed E-state index contributed by atoms with van der Waals surface area (Å²) in [6.07, 6.45) is 2.68. The van der Waals surface area contributed by atoms with Crippen LogP contribution >= 0.6 is 0 Å². The second-order valence-corrected chi connectivity index (χ2v) is 6.77. The second kappa shape index (κ2) is 5.17. The van der Waals surface area contributed by atoms with Crippen LogP contribution in [0.5, 0.6) is 0 Å². The number of hydrogen-bond acceptors (Lipinski definition) is 4.